The molecular formula is C21H23NO3. The lowest BCUT2D eigenvalue weighted by molar-refractivity contribution is 0.0544. The Morgan fingerprint density at radius 3 is 2.28 bits per heavy atom. The average molecular weight is 337 g/mol. The highest BCUT2D eigenvalue weighted by atomic mass is 16.3. The van der Waals surface area contributed by atoms with Crippen molar-refractivity contribution in [3.63, 3.8) is 0 Å². The van der Waals surface area contributed by atoms with Crippen LogP contribution in [0.25, 0.3) is 0 Å². The number of likely N-dealkylation sites (tertiary alicyclic amines) is 1. The van der Waals surface area contributed by atoms with Gasteiger partial charge in [-0.15, -0.1) is 0 Å². The molecule has 4 heteroatoms. The van der Waals surface area contributed by atoms with Crippen LogP contribution in [0.3, 0.4) is 0 Å². The molecule has 3 rings (SSSR count). The molecule has 1 aliphatic rings. The zero-order chi connectivity index (χ0) is 18.0. The van der Waals surface area contributed by atoms with Gasteiger partial charge in [-0.1, -0.05) is 35.9 Å². The van der Waals surface area contributed by atoms with Crippen molar-refractivity contribution in [3.05, 3.63) is 70.3 Å². The summed E-state index contributed by atoms with van der Waals surface area (Å²) in [6.45, 7) is 4.90. The van der Waals surface area contributed by atoms with E-state index in [2.05, 4.69) is 0 Å². The van der Waals surface area contributed by atoms with Gasteiger partial charge in [0.25, 0.3) is 5.91 Å². The molecule has 4 nitrogen and oxygen atoms in total. The van der Waals surface area contributed by atoms with E-state index in [1.807, 2.05) is 32.0 Å². The number of aliphatic hydroxyl groups excluding tert-OH is 1. The minimum absolute atomic E-state index is 0.123. The fraction of sp³-hybridized carbons (Fsp3) is 0.333. The highest BCUT2D eigenvalue weighted by molar-refractivity contribution is 6.15. The summed E-state index contributed by atoms with van der Waals surface area (Å²) in [5.41, 5.74) is 3.42. The van der Waals surface area contributed by atoms with Crippen LogP contribution < -0.4 is 0 Å². The maximum Gasteiger partial charge on any atom is 0.254 e. The van der Waals surface area contributed by atoms with Crippen LogP contribution in [0.5, 0.6) is 0 Å². The van der Waals surface area contributed by atoms with E-state index in [1.54, 1.807) is 29.2 Å². The maximum absolute atomic E-state index is 13.1. The van der Waals surface area contributed by atoms with Crippen molar-refractivity contribution in [3.8, 4) is 0 Å². The van der Waals surface area contributed by atoms with Gasteiger partial charge in [0.05, 0.1) is 11.7 Å². The molecule has 0 saturated carbocycles. The smallest absolute Gasteiger partial charge is 0.254 e. The molecule has 0 bridgehead atoms. The van der Waals surface area contributed by atoms with Gasteiger partial charge in [0.1, 0.15) is 0 Å². The summed E-state index contributed by atoms with van der Waals surface area (Å²) in [7, 11) is 0. The first-order chi connectivity index (χ1) is 12.0. The minimum atomic E-state index is -0.337. The minimum Gasteiger partial charge on any atom is -0.393 e. The van der Waals surface area contributed by atoms with Crippen molar-refractivity contribution in [1.29, 1.82) is 0 Å². The quantitative estimate of drug-likeness (QED) is 0.876. The van der Waals surface area contributed by atoms with E-state index in [0.29, 0.717) is 42.6 Å². The Hall–Kier alpha value is -2.46. The Kier molecular flexibility index (Phi) is 5.00. The number of piperidine rings is 1. The predicted octanol–water partition coefficient (Wildman–Crippen LogP) is 3.13. The third kappa shape index (κ3) is 3.64. The molecule has 1 fully saturated rings. The molecule has 0 aliphatic carbocycles. The molecule has 1 saturated heterocycles. The third-order valence-corrected chi connectivity index (χ3v) is 4.79. The van der Waals surface area contributed by atoms with Crippen LogP contribution in [-0.4, -0.2) is 40.9 Å². The number of nitrogens with zero attached hydrogens (tertiary/aromatic N) is 1. The molecule has 2 aromatic rings. The monoisotopic (exact) mass is 337 g/mol. The van der Waals surface area contributed by atoms with Crippen LogP contribution in [0.15, 0.2) is 42.5 Å². The molecule has 25 heavy (non-hydrogen) atoms. The zero-order valence-corrected chi connectivity index (χ0v) is 14.7. The van der Waals surface area contributed by atoms with Gasteiger partial charge in [0.2, 0.25) is 0 Å². The molecule has 0 atom stereocenters. The number of aryl methyl sites for hydroxylation is 2. The van der Waals surface area contributed by atoms with E-state index in [9.17, 15) is 14.7 Å². The van der Waals surface area contributed by atoms with Gasteiger partial charge in [-0.2, -0.15) is 0 Å². The highest BCUT2D eigenvalue weighted by Gasteiger charge is 2.26. The molecule has 0 aromatic heterocycles. The third-order valence-electron chi connectivity index (χ3n) is 4.79. The van der Waals surface area contributed by atoms with Gasteiger partial charge in [-0.3, -0.25) is 9.59 Å². The second-order valence-corrected chi connectivity index (χ2v) is 6.72. The topological polar surface area (TPSA) is 57.6 Å². The van der Waals surface area contributed by atoms with E-state index < -0.39 is 0 Å². The Balaban J connectivity index is 1.94. The Bertz CT molecular complexity index is 805. The van der Waals surface area contributed by atoms with Crippen molar-refractivity contribution < 1.29 is 14.7 Å². The second-order valence-electron chi connectivity index (χ2n) is 6.72. The van der Waals surface area contributed by atoms with Crippen LogP contribution in [0.2, 0.25) is 0 Å². The molecular weight excluding hydrogens is 314 g/mol. The van der Waals surface area contributed by atoms with Crippen molar-refractivity contribution >= 4 is 11.7 Å². The van der Waals surface area contributed by atoms with Crippen molar-refractivity contribution in [2.75, 3.05) is 13.1 Å². The number of hydrogen-bond donors (Lipinski definition) is 1. The number of carbonyl (C=O) groups excluding carboxylic acids is 2. The van der Waals surface area contributed by atoms with Gasteiger partial charge in [-0.25, -0.2) is 0 Å². The summed E-state index contributed by atoms with van der Waals surface area (Å²) in [6.07, 6.45) is 0.827. The van der Waals surface area contributed by atoms with Crippen LogP contribution in [0.1, 0.15) is 50.2 Å². The standard InChI is InChI=1S/C21H23NO3/c1-14-7-8-15(2)19(13-14)20(24)17-5-3-4-6-18(17)21(25)22-11-9-16(23)10-12-22/h3-8,13,16,23H,9-12H2,1-2H3. The number of benzene rings is 2. The van der Waals surface area contributed by atoms with Crippen molar-refractivity contribution in [1.82, 2.24) is 4.90 Å². The molecule has 1 N–H and O–H groups in total. The lowest BCUT2D eigenvalue weighted by atomic mass is 9.93. The van der Waals surface area contributed by atoms with E-state index in [-0.39, 0.29) is 17.8 Å². The van der Waals surface area contributed by atoms with Gasteiger partial charge < -0.3 is 10.0 Å². The van der Waals surface area contributed by atoms with E-state index in [1.165, 1.54) is 0 Å². The molecule has 0 spiro atoms. The summed E-state index contributed by atoms with van der Waals surface area (Å²) in [5, 5.41) is 9.64. The molecule has 1 aliphatic heterocycles. The Labute approximate surface area is 148 Å². The summed E-state index contributed by atoms with van der Waals surface area (Å²) in [4.78, 5) is 27.7. The van der Waals surface area contributed by atoms with E-state index >= 15 is 0 Å². The van der Waals surface area contributed by atoms with Gasteiger partial charge in [0.15, 0.2) is 5.78 Å². The fourth-order valence-electron chi connectivity index (χ4n) is 3.23. The first kappa shape index (κ1) is 17.4. The molecule has 2 aromatic carbocycles. The number of rotatable bonds is 3. The van der Waals surface area contributed by atoms with E-state index in [0.717, 1.165) is 11.1 Å². The van der Waals surface area contributed by atoms with Crippen LogP contribution in [0.4, 0.5) is 0 Å². The largest absolute Gasteiger partial charge is 0.393 e. The lowest BCUT2D eigenvalue weighted by Crippen LogP contribution is -2.40. The summed E-state index contributed by atoms with van der Waals surface area (Å²) in [5.74, 6) is -0.261. The first-order valence-corrected chi connectivity index (χ1v) is 8.65. The lowest BCUT2D eigenvalue weighted by Gasteiger charge is -2.30. The van der Waals surface area contributed by atoms with Crippen LogP contribution in [0, 0.1) is 13.8 Å². The maximum atomic E-state index is 13.1. The van der Waals surface area contributed by atoms with Crippen molar-refractivity contribution in [2.24, 2.45) is 0 Å². The van der Waals surface area contributed by atoms with Gasteiger partial charge >= 0.3 is 0 Å². The summed E-state index contributed by atoms with van der Waals surface area (Å²) < 4.78 is 0. The Morgan fingerprint density at radius 2 is 1.60 bits per heavy atom. The molecule has 0 radical (unpaired) electrons. The normalized spacial score (nSPS) is 15.2. The number of aliphatic hydroxyl groups is 1. The van der Waals surface area contributed by atoms with Gasteiger partial charge in [0, 0.05) is 24.2 Å². The zero-order valence-electron chi connectivity index (χ0n) is 14.7. The first-order valence-electron chi connectivity index (χ1n) is 8.65. The predicted molar refractivity (Wildman–Crippen MR) is 96.9 cm³/mol. The van der Waals surface area contributed by atoms with Crippen LogP contribution >= 0.6 is 0 Å². The Morgan fingerprint density at radius 1 is 0.960 bits per heavy atom. The van der Waals surface area contributed by atoms with E-state index in [4.69, 9.17) is 0 Å². The average Bonchev–Trinajstić information content (AvgIpc) is 2.63. The highest BCUT2D eigenvalue weighted by Crippen LogP contribution is 2.21. The van der Waals surface area contributed by atoms with Gasteiger partial charge in [-0.05, 0) is 44.4 Å². The summed E-state index contributed by atoms with van der Waals surface area (Å²) >= 11 is 0. The van der Waals surface area contributed by atoms with Crippen LogP contribution in [-0.2, 0) is 0 Å². The number of hydrogen-bond acceptors (Lipinski definition) is 3. The molecule has 0 unspecified atom stereocenters. The number of amides is 1. The number of ketones is 1. The SMILES string of the molecule is Cc1ccc(C)c(C(=O)c2ccccc2C(=O)N2CCC(O)CC2)c1. The molecule has 130 valence electrons. The second kappa shape index (κ2) is 7.19. The molecule has 1 amide bonds. The van der Waals surface area contributed by atoms with Crippen molar-refractivity contribution in [2.45, 2.75) is 32.8 Å². The fourth-order valence-corrected chi connectivity index (χ4v) is 3.23. The molecule has 1 heterocycles. The number of carbonyl (C=O) groups is 2. The summed E-state index contributed by atoms with van der Waals surface area (Å²) in [6, 6.07) is 12.8.